The van der Waals surface area contributed by atoms with Gasteiger partial charge < -0.3 is 4.42 Å². The Morgan fingerprint density at radius 1 is 0.344 bits per heavy atom. The van der Waals surface area contributed by atoms with Gasteiger partial charge in [-0.15, -0.1) is 11.3 Å². The summed E-state index contributed by atoms with van der Waals surface area (Å²) >= 11 is 3.41. The highest BCUT2D eigenvalue weighted by Gasteiger charge is 2.55. The summed E-state index contributed by atoms with van der Waals surface area (Å²) in [4.78, 5) is 11.5. The Bertz CT molecular complexity index is 2570. The molecule has 2 heterocycles. The van der Waals surface area contributed by atoms with Gasteiger partial charge in [-0.2, -0.15) is 9.97 Å². The zero-order valence-electron chi connectivity index (χ0n) is 33.1. The van der Waals surface area contributed by atoms with Crippen LogP contribution in [0.15, 0.2) is 256 Å². The van der Waals surface area contributed by atoms with Crippen molar-refractivity contribution in [2.75, 3.05) is 0 Å². The van der Waals surface area contributed by atoms with E-state index in [1.165, 1.54) is 31.8 Å². The van der Waals surface area contributed by atoms with E-state index in [1.54, 1.807) is 23.1 Å². The fraction of sp³-hybridized carbons (Fsp3) is 0. The van der Waals surface area contributed by atoms with Gasteiger partial charge in [0, 0.05) is 11.1 Å². The van der Waals surface area contributed by atoms with E-state index in [0.717, 1.165) is 36.3 Å². The van der Waals surface area contributed by atoms with Crippen LogP contribution in [0.25, 0.3) is 22.0 Å². The van der Waals surface area contributed by atoms with Crippen molar-refractivity contribution in [2.24, 2.45) is 0 Å². The lowest BCUT2D eigenvalue weighted by molar-refractivity contribution is 0.487. The first-order valence-electron chi connectivity index (χ1n) is 20.2. The predicted molar refractivity (Wildman–Crippen MR) is 263 cm³/mol. The van der Waals surface area contributed by atoms with Crippen molar-refractivity contribution < 1.29 is 4.42 Å². The lowest BCUT2D eigenvalue weighted by atomic mass is 10.2. The van der Waals surface area contributed by atoms with Crippen LogP contribution in [0.5, 0.6) is 0 Å². The van der Waals surface area contributed by atoms with Gasteiger partial charge in [-0.25, -0.2) is 0 Å². The maximum absolute atomic E-state index is 7.25. The topological polar surface area (TPSA) is 38.9 Å². The minimum atomic E-state index is -2.69. The molecule has 0 fully saturated rings. The summed E-state index contributed by atoms with van der Waals surface area (Å²) < 4.78 is 8.32. The van der Waals surface area contributed by atoms with Crippen molar-refractivity contribution in [1.29, 1.82) is 0 Å². The second-order valence-electron chi connectivity index (χ2n) is 14.4. The number of aromatic nitrogens is 2. The fourth-order valence-electron chi connectivity index (χ4n) is 8.18. The summed E-state index contributed by atoms with van der Waals surface area (Å²) in [5.74, 6) is 0.592. The molecule has 0 aliphatic carbocycles. The van der Waals surface area contributed by atoms with Gasteiger partial charge in [0.05, 0.1) is 0 Å². The monoisotopic (exact) mass is 858 g/mol. The molecule has 0 amide bonds. The highest BCUT2D eigenvalue weighted by atomic mass is 32.2. The highest BCUT2D eigenvalue weighted by Crippen LogP contribution is 2.60. The Morgan fingerprint density at radius 3 is 1.02 bits per heavy atom. The normalized spacial score (nSPS) is 11.7. The van der Waals surface area contributed by atoms with Gasteiger partial charge in [0.25, 0.3) is 5.44 Å². The third kappa shape index (κ3) is 7.18. The summed E-state index contributed by atoms with van der Waals surface area (Å²) in [6.45, 7) is 0. The highest BCUT2D eigenvalue weighted by molar-refractivity contribution is 8.07. The SMILES string of the molecule is c1ccc(-c2nc([P+](c3ccccc3)(c3ccccc3)c3ccccc3)c(Sc3sc(-c4ccccc4)nc3[P+](c3ccccc3)(c3ccccc3)c3ccccc3)o2)cc1. The number of hydrogen-bond acceptors (Lipinski definition) is 5. The zero-order chi connectivity index (χ0) is 40.9. The molecule has 61 heavy (non-hydrogen) atoms. The van der Waals surface area contributed by atoms with Crippen molar-refractivity contribution in [3.63, 3.8) is 0 Å². The summed E-state index contributed by atoms with van der Waals surface area (Å²) in [5.41, 5.74) is 3.99. The largest absolute Gasteiger partial charge is 0.425 e. The molecule has 0 N–H and O–H groups in total. The second-order valence-corrected chi connectivity index (χ2v) is 23.3. The summed E-state index contributed by atoms with van der Waals surface area (Å²) in [7, 11) is -5.33. The number of hydrogen-bond donors (Lipinski definition) is 0. The Balaban J connectivity index is 1.31. The quantitative estimate of drug-likeness (QED) is 0.115. The molecule has 3 nitrogen and oxygen atoms in total. The van der Waals surface area contributed by atoms with Gasteiger partial charge >= 0.3 is 0 Å². The number of oxazole rings is 1. The van der Waals surface area contributed by atoms with Crippen LogP contribution in [0, 0.1) is 0 Å². The molecule has 8 aromatic carbocycles. The molecule has 0 unspecified atom stereocenters. The van der Waals surface area contributed by atoms with Gasteiger partial charge in [-0.1, -0.05) is 158 Å². The average Bonchev–Trinajstić information content (AvgIpc) is 3.97. The number of rotatable bonds is 12. The summed E-state index contributed by atoms with van der Waals surface area (Å²) in [6, 6.07) is 86.6. The third-order valence-electron chi connectivity index (χ3n) is 10.9. The van der Waals surface area contributed by atoms with Gasteiger partial charge in [0.1, 0.15) is 41.0 Å². The van der Waals surface area contributed by atoms with E-state index >= 15 is 0 Å². The number of benzene rings is 8. The Hall–Kier alpha value is -6.19. The van der Waals surface area contributed by atoms with Gasteiger partial charge in [-0.05, 0) is 96.7 Å². The zero-order valence-corrected chi connectivity index (χ0v) is 36.5. The lowest BCUT2D eigenvalue weighted by Gasteiger charge is -2.27. The van der Waals surface area contributed by atoms with E-state index in [4.69, 9.17) is 14.4 Å². The average molecular weight is 859 g/mol. The van der Waals surface area contributed by atoms with Crippen LogP contribution in [-0.4, -0.2) is 9.97 Å². The predicted octanol–water partition coefficient (Wildman–Crippen LogP) is 10.9. The van der Waals surface area contributed by atoms with E-state index in [1.807, 2.05) is 18.2 Å². The van der Waals surface area contributed by atoms with Crippen LogP contribution in [0.3, 0.4) is 0 Å². The molecular weight excluding hydrogens is 819 g/mol. The summed E-state index contributed by atoms with van der Waals surface area (Å²) in [5, 5.41) is 9.05. The van der Waals surface area contributed by atoms with E-state index in [0.29, 0.717) is 5.89 Å². The van der Waals surface area contributed by atoms with Crippen LogP contribution < -0.4 is 42.7 Å². The Kier molecular flexibility index (Phi) is 11.1. The molecule has 10 aromatic rings. The van der Waals surface area contributed by atoms with E-state index in [9.17, 15) is 0 Å². The summed E-state index contributed by atoms with van der Waals surface area (Å²) in [6.07, 6.45) is 0. The van der Waals surface area contributed by atoms with Crippen molar-refractivity contribution in [3.8, 4) is 22.0 Å². The third-order valence-corrected chi connectivity index (χ3v) is 21.9. The molecule has 0 atom stereocenters. The first kappa shape index (κ1) is 39.0. The second kappa shape index (κ2) is 17.4. The molecular formula is C54H40N2OP2S2+2. The molecule has 2 aromatic heterocycles. The van der Waals surface area contributed by atoms with E-state index in [2.05, 4.69) is 224 Å². The molecule has 0 saturated heterocycles. The standard InChI is InChI=1S/C54H40N2OP2S2/c1-9-25-41(26-10-1)49-55-50(58(43-29-13-3-14-30-43,44-31-15-4-16-32-44)45-33-17-5-18-34-45)53(57-49)61-54-51(56-52(60-54)42-27-11-2-12-28-42)59(46-35-19-6-20-36-46,47-37-21-7-22-38-47)48-39-23-8-24-40-48/h1-40H/q+2. The molecule has 10 rings (SSSR count). The lowest BCUT2D eigenvalue weighted by Crippen LogP contribution is -2.40. The minimum Gasteiger partial charge on any atom is -0.425 e. The molecule has 7 heteroatoms. The maximum atomic E-state index is 7.25. The van der Waals surface area contributed by atoms with Crippen LogP contribution in [0.1, 0.15) is 0 Å². The fourth-order valence-corrected chi connectivity index (χ4v) is 19.8. The Morgan fingerprint density at radius 2 is 0.656 bits per heavy atom. The minimum absolute atomic E-state index is 0.592. The molecule has 0 spiro atoms. The molecule has 292 valence electrons. The smallest absolute Gasteiger partial charge is 0.251 e. The number of thiazole rings is 1. The first-order chi connectivity index (χ1) is 30.3. The van der Waals surface area contributed by atoms with Gasteiger partial charge in [0.2, 0.25) is 16.4 Å². The van der Waals surface area contributed by atoms with Crippen LogP contribution >= 0.6 is 37.6 Å². The molecule has 0 aliphatic rings. The first-order valence-corrected chi connectivity index (χ1v) is 25.4. The maximum Gasteiger partial charge on any atom is 0.251 e. The van der Waals surface area contributed by atoms with Crippen molar-refractivity contribution in [2.45, 2.75) is 9.30 Å². The van der Waals surface area contributed by atoms with E-state index < -0.39 is 14.5 Å². The number of nitrogens with zero attached hydrogens (tertiary/aromatic N) is 2. The van der Waals surface area contributed by atoms with Crippen LogP contribution in [-0.2, 0) is 0 Å². The van der Waals surface area contributed by atoms with Crippen molar-refractivity contribution in [1.82, 2.24) is 9.97 Å². The van der Waals surface area contributed by atoms with Gasteiger partial charge in [0.15, 0.2) is 14.5 Å². The van der Waals surface area contributed by atoms with Crippen molar-refractivity contribution >= 4 is 80.3 Å². The van der Waals surface area contributed by atoms with Crippen LogP contribution in [0.2, 0.25) is 0 Å². The molecule has 0 aliphatic heterocycles. The molecule has 0 saturated carbocycles. The van der Waals surface area contributed by atoms with Gasteiger partial charge in [-0.3, -0.25) is 0 Å². The Labute approximate surface area is 366 Å². The van der Waals surface area contributed by atoms with E-state index in [-0.39, 0.29) is 0 Å². The molecule has 0 bridgehead atoms. The van der Waals surface area contributed by atoms with Crippen LogP contribution in [0.4, 0.5) is 0 Å². The molecule has 0 radical (unpaired) electrons. The van der Waals surface area contributed by atoms with Crippen molar-refractivity contribution in [3.05, 3.63) is 243 Å².